The van der Waals surface area contributed by atoms with Crippen molar-refractivity contribution < 1.29 is 29.0 Å². The molecule has 0 spiro atoms. The van der Waals surface area contributed by atoms with Crippen molar-refractivity contribution in [2.45, 2.75) is 65.7 Å². The quantitative estimate of drug-likeness (QED) is 0.652. The van der Waals surface area contributed by atoms with Crippen LogP contribution in [0.25, 0.3) is 0 Å². The summed E-state index contributed by atoms with van der Waals surface area (Å²) in [5.74, 6) is -3.17. The van der Waals surface area contributed by atoms with E-state index in [1.54, 1.807) is 20.8 Å². The van der Waals surface area contributed by atoms with Crippen molar-refractivity contribution in [1.82, 2.24) is 4.90 Å². The second-order valence-electron chi connectivity index (χ2n) is 8.68. The average Bonchev–Trinajstić information content (AvgIpc) is 2.62. The number of carboxylic acids is 1. The molecule has 0 aliphatic carbocycles. The van der Waals surface area contributed by atoms with Gasteiger partial charge in [0, 0.05) is 7.05 Å². The van der Waals surface area contributed by atoms with Crippen LogP contribution in [-0.4, -0.2) is 46.2 Å². The van der Waals surface area contributed by atoms with Crippen LogP contribution < -0.4 is 0 Å². The Morgan fingerprint density at radius 3 is 2.07 bits per heavy atom. The van der Waals surface area contributed by atoms with Crippen molar-refractivity contribution in [2.24, 2.45) is 11.8 Å². The Hall–Kier alpha value is -2.57. The van der Waals surface area contributed by atoms with E-state index in [4.69, 9.17) is 9.47 Å². The molecule has 0 saturated carbocycles. The van der Waals surface area contributed by atoms with Gasteiger partial charge in [-0.1, -0.05) is 44.2 Å². The van der Waals surface area contributed by atoms with Gasteiger partial charge < -0.3 is 14.6 Å². The van der Waals surface area contributed by atoms with E-state index in [0.717, 1.165) is 10.5 Å². The highest BCUT2D eigenvalue weighted by Crippen LogP contribution is 2.34. The molecule has 0 saturated heterocycles. The summed E-state index contributed by atoms with van der Waals surface area (Å²) < 4.78 is 10.7. The molecule has 29 heavy (non-hydrogen) atoms. The number of ether oxygens (including phenoxy) is 2. The monoisotopic (exact) mass is 407 g/mol. The van der Waals surface area contributed by atoms with E-state index in [9.17, 15) is 19.5 Å². The van der Waals surface area contributed by atoms with E-state index in [1.807, 2.05) is 44.2 Å². The Balaban J connectivity index is 3.19. The van der Waals surface area contributed by atoms with E-state index in [1.165, 1.54) is 14.0 Å². The second kappa shape index (κ2) is 9.76. The lowest BCUT2D eigenvalue weighted by Gasteiger charge is -2.42. The first kappa shape index (κ1) is 24.5. The van der Waals surface area contributed by atoms with Gasteiger partial charge >= 0.3 is 18.0 Å². The molecular formula is C22H33NO6. The SMILES string of the molecule is CC(C)C[C@@](C(=O)O)([C@@H](C)C(=O)OCc1ccccc1)N(C)C(=O)OC(C)(C)C. The van der Waals surface area contributed by atoms with Crippen molar-refractivity contribution in [1.29, 1.82) is 0 Å². The van der Waals surface area contributed by atoms with Gasteiger partial charge in [0.25, 0.3) is 0 Å². The van der Waals surface area contributed by atoms with Crippen LogP contribution in [0.5, 0.6) is 0 Å². The summed E-state index contributed by atoms with van der Waals surface area (Å²) in [6, 6.07) is 9.11. The topological polar surface area (TPSA) is 93.1 Å². The minimum atomic E-state index is -1.80. The van der Waals surface area contributed by atoms with Crippen LogP contribution in [0.4, 0.5) is 4.79 Å². The van der Waals surface area contributed by atoms with Gasteiger partial charge in [0.2, 0.25) is 0 Å². The predicted octanol–water partition coefficient (Wildman–Crippen LogP) is 4.10. The molecule has 2 atom stereocenters. The summed E-state index contributed by atoms with van der Waals surface area (Å²) >= 11 is 0. The van der Waals surface area contributed by atoms with Crippen molar-refractivity contribution >= 4 is 18.0 Å². The summed E-state index contributed by atoms with van der Waals surface area (Å²) in [5, 5.41) is 10.1. The zero-order valence-electron chi connectivity index (χ0n) is 18.4. The number of rotatable bonds is 8. The van der Waals surface area contributed by atoms with Crippen LogP contribution in [0.3, 0.4) is 0 Å². The summed E-state index contributed by atoms with van der Waals surface area (Å²) in [6.45, 7) is 10.3. The largest absolute Gasteiger partial charge is 0.479 e. The number of esters is 1. The Labute approximate surface area is 173 Å². The van der Waals surface area contributed by atoms with E-state index in [2.05, 4.69) is 0 Å². The maximum absolute atomic E-state index is 12.8. The van der Waals surface area contributed by atoms with Crippen LogP contribution in [0.1, 0.15) is 53.5 Å². The number of nitrogens with zero attached hydrogens (tertiary/aromatic N) is 1. The van der Waals surface area contributed by atoms with E-state index >= 15 is 0 Å². The highest BCUT2D eigenvalue weighted by molar-refractivity contribution is 5.90. The molecule has 1 N–H and O–H groups in total. The molecule has 162 valence electrons. The fourth-order valence-electron chi connectivity index (χ4n) is 3.18. The summed E-state index contributed by atoms with van der Waals surface area (Å²) in [6.07, 6.45) is -0.733. The normalized spacial score (nSPS) is 14.6. The van der Waals surface area contributed by atoms with E-state index in [-0.39, 0.29) is 18.9 Å². The Morgan fingerprint density at radius 2 is 1.62 bits per heavy atom. The van der Waals surface area contributed by atoms with Gasteiger partial charge in [0.05, 0.1) is 5.92 Å². The smallest absolute Gasteiger partial charge is 0.411 e. The molecule has 0 heterocycles. The van der Waals surface area contributed by atoms with Gasteiger partial charge in [0.1, 0.15) is 12.2 Å². The predicted molar refractivity (Wildman–Crippen MR) is 109 cm³/mol. The lowest BCUT2D eigenvalue weighted by Crippen LogP contribution is -2.62. The van der Waals surface area contributed by atoms with Crippen molar-refractivity contribution in [3.8, 4) is 0 Å². The van der Waals surface area contributed by atoms with Gasteiger partial charge in [0.15, 0.2) is 5.54 Å². The van der Waals surface area contributed by atoms with Gasteiger partial charge in [-0.05, 0) is 45.6 Å². The number of benzene rings is 1. The third-order valence-electron chi connectivity index (χ3n) is 4.65. The highest BCUT2D eigenvalue weighted by atomic mass is 16.6. The maximum Gasteiger partial charge on any atom is 0.411 e. The molecule has 0 radical (unpaired) electrons. The first-order chi connectivity index (χ1) is 13.3. The van der Waals surface area contributed by atoms with Gasteiger partial charge in [-0.25, -0.2) is 9.59 Å². The third-order valence-corrected chi connectivity index (χ3v) is 4.65. The molecule has 0 fully saturated rings. The molecule has 0 bridgehead atoms. The zero-order valence-corrected chi connectivity index (χ0v) is 18.4. The fourth-order valence-corrected chi connectivity index (χ4v) is 3.18. The van der Waals surface area contributed by atoms with E-state index < -0.39 is 35.1 Å². The number of carbonyl (C=O) groups excluding carboxylic acids is 2. The van der Waals surface area contributed by atoms with Crippen LogP contribution in [0.2, 0.25) is 0 Å². The first-order valence-corrected chi connectivity index (χ1v) is 9.72. The molecule has 1 aromatic carbocycles. The number of aliphatic carboxylic acids is 1. The fraction of sp³-hybridized carbons (Fsp3) is 0.591. The summed E-state index contributed by atoms with van der Waals surface area (Å²) in [4.78, 5) is 38.9. The Kier molecular flexibility index (Phi) is 8.24. The molecule has 1 aromatic rings. The van der Waals surface area contributed by atoms with Crippen molar-refractivity contribution in [3.05, 3.63) is 35.9 Å². The molecule has 7 nitrogen and oxygen atoms in total. The van der Waals surface area contributed by atoms with Gasteiger partial charge in [-0.15, -0.1) is 0 Å². The molecule has 0 unspecified atom stereocenters. The molecule has 0 aliphatic heterocycles. The van der Waals surface area contributed by atoms with Gasteiger partial charge in [-0.3, -0.25) is 9.69 Å². The van der Waals surface area contributed by atoms with Crippen LogP contribution in [0, 0.1) is 11.8 Å². The average molecular weight is 408 g/mol. The standard InChI is InChI=1S/C22H33NO6/c1-15(2)13-22(19(25)26,23(7)20(27)29-21(4,5)6)16(3)18(24)28-14-17-11-9-8-10-12-17/h8-12,15-16H,13-14H2,1-7H3,(H,25,26)/t16-,22-/m0/s1. The third kappa shape index (κ3) is 6.48. The number of carbonyl (C=O) groups is 3. The zero-order chi connectivity index (χ0) is 22.4. The van der Waals surface area contributed by atoms with Crippen LogP contribution in [-0.2, 0) is 25.7 Å². The second-order valence-corrected chi connectivity index (χ2v) is 8.68. The lowest BCUT2D eigenvalue weighted by molar-refractivity contribution is -0.168. The molecular weight excluding hydrogens is 374 g/mol. The summed E-state index contributed by atoms with van der Waals surface area (Å²) in [5.41, 5.74) is -1.81. The Morgan fingerprint density at radius 1 is 1.07 bits per heavy atom. The minimum Gasteiger partial charge on any atom is -0.479 e. The number of likely N-dealkylation sites (N-methyl/N-ethyl adjacent to an activating group) is 1. The van der Waals surface area contributed by atoms with E-state index in [0.29, 0.717) is 0 Å². The molecule has 1 amide bonds. The molecule has 1 rings (SSSR count). The Bertz CT molecular complexity index is 710. The molecule has 0 aromatic heterocycles. The van der Waals surface area contributed by atoms with Crippen molar-refractivity contribution in [3.63, 3.8) is 0 Å². The molecule has 7 heteroatoms. The number of amides is 1. The van der Waals surface area contributed by atoms with Crippen LogP contribution >= 0.6 is 0 Å². The van der Waals surface area contributed by atoms with Gasteiger partial charge in [-0.2, -0.15) is 0 Å². The van der Waals surface area contributed by atoms with Crippen molar-refractivity contribution in [2.75, 3.05) is 7.05 Å². The number of carboxylic acid groups (broad SMARTS) is 1. The molecule has 0 aliphatic rings. The minimum absolute atomic E-state index is 0.0253. The lowest BCUT2D eigenvalue weighted by atomic mass is 9.77. The van der Waals surface area contributed by atoms with Crippen LogP contribution in [0.15, 0.2) is 30.3 Å². The number of hydrogen-bond acceptors (Lipinski definition) is 5. The highest BCUT2D eigenvalue weighted by Gasteiger charge is 2.54. The first-order valence-electron chi connectivity index (χ1n) is 9.72. The summed E-state index contributed by atoms with van der Waals surface area (Å²) in [7, 11) is 1.35. The number of hydrogen-bond donors (Lipinski definition) is 1. The maximum atomic E-state index is 12.8.